The molecule has 1 aliphatic heterocycles. The average molecular weight is 400 g/mol. The zero-order chi connectivity index (χ0) is 20.6. The van der Waals surface area contributed by atoms with Gasteiger partial charge in [-0.25, -0.2) is 15.0 Å². The lowest BCUT2D eigenvalue weighted by atomic mass is 10.0. The lowest BCUT2D eigenvalue weighted by molar-refractivity contribution is -0.0136. The van der Waals surface area contributed by atoms with Crippen molar-refractivity contribution in [3.05, 3.63) is 71.0 Å². The summed E-state index contributed by atoms with van der Waals surface area (Å²) in [7, 11) is 0. The standard InChI is InChI=1S/C21H25FN4O3/c22-19-13-17(20(27)25-23)7-6-16(19)12-18-14-26(10-11-29-18)21(28)24-9-8-15-4-2-1-3-5-15/h1-7,13,18H,8-12,14,23H2,(H,24,28)(H,25,27). The molecule has 1 atom stereocenters. The topological polar surface area (TPSA) is 96.7 Å². The number of carbonyl (C=O) groups is 2. The number of nitrogen functional groups attached to an aromatic ring is 1. The second kappa shape index (κ2) is 9.99. The highest BCUT2D eigenvalue weighted by Crippen LogP contribution is 2.16. The highest BCUT2D eigenvalue weighted by atomic mass is 19.1. The van der Waals surface area contributed by atoms with Gasteiger partial charge < -0.3 is 15.0 Å². The summed E-state index contributed by atoms with van der Waals surface area (Å²) in [6, 6.07) is 14.0. The van der Waals surface area contributed by atoms with E-state index in [0.29, 0.717) is 38.2 Å². The molecule has 1 aliphatic rings. The Kier molecular flexibility index (Phi) is 7.15. The van der Waals surface area contributed by atoms with Crippen molar-refractivity contribution in [2.45, 2.75) is 18.9 Å². The summed E-state index contributed by atoms with van der Waals surface area (Å²) in [6.07, 6.45) is 0.755. The van der Waals surface area contributed by atoms with Crippen molar-refractivity contribution < 1.29 is 18.7 Å². The predicted molar refractivity (Wildman–Crippen MR) is 107 cm³/mol. The molecule has 0 spiro atoms. The number of hydrazine groups is 1. The summed E-state index contributed by atoms with van der Waals surface area (Å²) in [5, 5.41) is 2.92. The average Bonchev–Trinajstić information content (AvgIpc) is 2.75. The van der Waals surface area contributed by atoms with Crippen LogP contribution in [0.2, 0.25) is 0 Å². The molecule has 0 aromatic heterocycles. The van der Waals surface area contributed by atoms with Gasteiger partial charge in [-0.3, -0.25) is 10.2 Å². The van der Waals surface area contributed by atoms with Crippen LogP contribution < -0.4 is 16.6 Å². The number of carbonyl (C=O) groups excluding carboxylic acids is 2. The van der Waals surface area contributed by atoms with E-state index in [1.54, 1.807) is 11.0 Å². The number of rotatable bonds is 6. The molecule has 0 radical (unpaired) electrons. The van der Waals surface area contributed by atoms with Gasteiger partial charge in [0, 0.05) is 31.6 Å². The van der Waals surface area contributed by atoms with Crippen molar-refractivity contribution in [2.75, 3.05) is 26.2 Å². The maximum Gasteiger partial charge on any atom is 0.317 e. The van der Waals surface area contributed by atoms with E-state index in [1.807, 2.05) is 35.8 Å². The third-order valence-corrected chi connectivity index (χ3v) is 4.85. The normalized spacial score (nSPS) is 16.3. The highest BCUT2D eigenvalue weighted by Gasteiger charge is 2.25. The molecule has 154 valence electrons. The van der Waals surface area contributed by atoms with Crippen molar-refractivity contribution in [1.82, 2.24) is 15.6 Å². The molecule has 2 aromatic rings. The predicted octanol–water partition coefficient (Wildman–Crippen LogP) is 1.62. The minimum Gasteiger partial charge on any atom is -0.374 e. The quantitative estimate of drug-likeness (QED) is 0.390. The van der Waals surface area contributed by atoms with Crippen LogP contribution in [0.3, 0.4) is 0 Å². The fourth-order valence-corrected chi connectivity index (χ4v) is 3.28. The second-order valence-corrected chi connectivity index (χ2v) is 6.89. The number of nitrogens with two attached hydrogens (primary N) is 1. The maximum absolute atomic E-state index is 14.3. The molecule has 7 nitrogen and oxygen atoms in total. The van der Waals surface area contributed by atoms with Crippen LogP contribution in [-0.2, 0) is 17.6 Å². The van der Waals surface area contributed by atoms with E-state index in [0.717, 1.165) is 18.1 Å². The summed E-state index contributed by atoms with van der Waals surface area (Å²) in [6.45, 7) is 1.81. The summed E-state index contributed by atoms with van der Waals surface area (Å²) in [4.78, 5) is 25.6. The van der Waals surface area contributed by atoms with E-state index >= 15 is 0 Å². The number of nitrogens with one attached hydrogen (secondary N) is 2. The summed E-state index contributed by atoms with van der Waals surface area (Å²) < 4.78 is 20.0. The van der Waals surface area contributed by atoms with Gasteiger partial charge in [-0.2, -0.15) is 0 Å². The number of halogens is 1. The van der Waals surface area contributed by atoms with Gasteiger partial charge in [0.25, 0.3) is 5.91 Å². The van der Waals surface area contributed by atoms with Crippen molar-refractivity contribution in [3.63, 3.8) is 0 Å². The Hall–Kier alpha value is -2.97. The van der Waals surface area contributed by atoms with Crippen LogP contribution >= 0.6 is 0 Å². The SMILES string of the molecule is NNC(=O)c1ccc(CC2CN(C(=O)NCCc3ccccc3)CCO2)c(F)c1. The van der Waals surface area contributed by atoms with Crippen LogP contribution in [0, 0.1) is 5.82 Å². The number of hydrogen-bond donors (Lipinski definition) is 3. The number of amides is 3. The maximum atomic E-state index is 14.3. The molecule has 3 rings (SSSR count). The van der Waals surface area contributed by atoms with Crippen LogP contribution in [0.15, 0.2) is 48.5 Å². The molecule has 1 fully saturated rings. The largest absolute Gasteiger partial charge is 0.374 e. The molecule has 0 saturated carbocycles. The molecule has 3 amide bonds. The van der Waals surface area contributed by atoms with E-state index < -0.39 is 11.7 Å². The molecule has 0 bridgehead atoms. The van der Waals surface area contributed by atoms with Gasteiger partial charge in [-0.05, 0) is 29.7 Å². The Morgan fingerprint density at radius 3 is 2.72 bits per heavy atom. The van der Waals surface area contributed by atoms with E-state index in [2.05, 4.69) is 5.32 Å². The van der Waals surface area contributed by atoms with Crippen LogP contribution in [-0.4, -0.2) is 49.2 Å². The number of hydrogen-bond acceptors (Lipinski definition) is 4. The molecule has 4 N–H and O–H groups in total. The molecule has 1 heterocycles. The fourth-order valence-electron chi connectivity index (χ4n) is 3.28. The Bertz CT molecular complexity index is 847. The van der Waals surface area contributed by atoms with E-state index in [-0.39, 0.29) is 17.7 Å². The number of benzene rings is 2. The molecule has 29 heavy (non-hydrogen) atoms. The minimum absolute atomic E-state index is 0.148. The van der Waals surface area contributed by atoms with E-state index in [1.165, 1.54) is 6.07 Å². The highest BCUT2D eigenvalue weighted by molar-refractivity contribution is 5.93. The van der Waals surface area contributed by atoms with Crippen molar-refractivity contribution >= 4 is 11.9 Å². The Labute approximate surface area is 169 Å². The second-order valence-electron chi connectivity index (χ2n) is 6.89. The summed E-state index contributed by atoms with van der Waals surface area (Å²) in [5.74, 6) is 4.01. The van der Waals surface area contributed by atoms with Crippen molar-refractivity contribution in [3.8, 4) is 0 Å². The van der Waals surface area contributed by atoms with Gasteiger partial charge in [-0.15, -0.1) is 0 Å². The summed E-state index contributed by atoms with van der Waals surface area (Å²) in [5.41, 5.74) is 3.71. The van der Waals surface area contributed by atoms with Crippen LogP contribution in [0.4, 0.5) is 9.18 Å². The molecule has 0 aliphatic carbocycles. The molecular weight excluding hydrogens is 375 g/mol. The third-order valence-electron chi connectivity index (χ3n) is 4.85. The number of ether oxygens (including phenoxy) is 1. The van der Waals surface area contributed by atoms with E-state index in [9.17, 15) is 14.0 Å². The first-order valence-electron chi connectivity index (χ1n) is 9.54. The van der Waals surface area contributed by atoms with Crippen molar-refractivity contribution in [2.24, 2.45) is 5.84 Å². The van der Waals surface area contributed by atoms with Crippen LogP contribution in [0.1, 0.15) is 21.5 Å². The Morgan fingerprint density at radius 2 is 2.00 bits per heavy atom. The number of nitrogens with zero attached hydrogens (tertiary/aromatic N) is 1. The number of urea groups is 1. The smallest absolute Gasteiger partial charge is 0.317 e. The first-order valence-corrected chi connectivity index (χ1v) is 9.54. The monoisotopic (exact) mass is 400 g/mol. The molecule has 1 saturated heterocycles. The van der Waals surface area contributed by atoms with Crippen LogP contribution in [0.5, 0.6) is 0 Å². The molecule has 1 unspecified atom stereocenters. The molecule has 8 heteroatoms. The first kappa shape index (κ1) is 20.8. The van der Waals surface area contributed by atoms with E-state index in [4.69, 9.17) is 10.6 Å². The van der Waals surface area contributed by atoms with Gasteiger partial charge in [0.15, 0.2) is 0 Å². The Balaban J connectivity index is 1.51. The number of morpholine rings is 1. The zero-order valence-corrected chi connectivity index (χ0v) is 16.1. The van der Waals surface area contributed by atoms with Crippen LogP contribution in [0.25, 0.3) is 0 Å². The van der Waals surface area contributed by atoms with Gasteiger partial charge in [-0.1, -0.05) is 36.4 Å². The van der Waals surface area contributed by atoms with Gasteiger partial charge in [0.05, 0.1) is 12.7 Å². The lowest BCUT2D eigenvalue weighted by Gasteiger charge is -2.33. The van der Waals surface area contributed by atoms with Crippen molar-refractivity contribution in [1.29, 1.82) is 0 Å². The van der Waals surface area contributed by atoms with Gasteiger partial charge in [0.2, 0.25) is 0 Å². The Morgan fingerprint density at radius 1 is 1.21 bits per heavy atom. The van der Waals surface area contributed by atoms with Gasteiger partial charge >= 0.3 is 6.03 Å². The fraction of sp³-hybridized carbons (Fsp3) is 0.333. The minimum atomic E-state index is -0.553. The molecular formula is C21H25FN4O3. The zero-order valence-electron chi connectivity index (χ0n) is 16.1. The molecule has 2 aromatic carbocycles. The summed E-state index contributed by atoms with van der Waals surface area (Å²) >= 11 is 0. The third kappa shape index (κ3) is 5.75. The first-order chi connectivity index (χ1) is 14.1. The lowest BCUT2D eigenvalue weighted by Crippen LogP contribution is -2.50. The van der Waals surface area contributed by atoms with Gasteiger partial charge in [0.1, 0.15) is 5.82 Å².